The molecule has 0 unspecified atom stereocenters. The number of ether oxygens (including phenoxy) is 3. The van der Waals surface area contributed by atoms with Gasteiger partial charge in [-0.1, -0.05) is 48.5 Å². The highest BCUT2D eigenvalue weighted by molar-refractivity contribution is 5.89. The molecule has 0 amide bonds. The number of carbonyl (C=O) groups excluding carboxylic acids is 1. The molecule has 4 nitrogen and oxygen atoms in total. The summed E-state index contributed by atoms with van der Waals surface area (Å²) >= 11 is 0. The van der Waals surface area contributed by atoms with Crippen LogP contribution in [-0.4, -0.2) is 31.4 Å². The molecule has 1 aliphatic heterocycles. The lowest BCUT2D eigenvalue weighted by Crippen LogP contribution is -2.35. The molecule has 4 heteroatoms. The minimum absolute atomic E-state index is 0.0698. The summed E-state index contributed by atoms with van der Waals surface area (Å²) in [6, 6.07) is 19.1. The van der Waals surface area contributed by atoms with Crippen molar-refractivity contribution in [1.82, 2.24) is 0 Å². The van der Waals surface area contributed by atoms with Crippen molar-refractivity contribution in [1.29, 1.82) is 0 Å². The molecule has 1 heterocycles. The molecule has 0 saturated carbocycles. The second kappa shape index (κ2) is 8.62. The summed E-state index contributed by atoms with van der Waals surface area (Å²) in [7, 11) is 0. The number of carbonyl (C=O) groups is 1. The van der Waals surface area contributed by atoms with Crippen LogP contribution in [0.3, 0.4) is 0 Å². The van der Waals surface area contributed by atoms with E-state index in [1.807, 2.05) is 48.5 Å². The third kappa shape index (κ3) is 4.91. The molecule has 0 radical (unpaired) electrons. The summed E-state index contributed by atoms with van der Waals surface area (Å²) in [6.45, 7) is 1.58. The van der Waals surface area contributed by atoms with Crippen LogP contribution < -0.4 is 0 Å². The van der Waals surface area contributed by atoms with Gasteiger partial charge in [-0.25, -0.2) is 4.79 Å². The van der Waals surface area contributed by atoms with E-state index in [2.05, 4.69) is 0 Å². The van der Waals surface area contributed by atoms with Gasteiger partial charge in [0, 0.05) is 0 Å². The van der Waals surface area contributed by atoms with Crippen molar-refractivity contribution < 1.29 is 19.0 Å². The zero-order chi connectivity index (χ0) is 16.6. The van der Waals surface area contributed by atoms with Gasteiger partial charge in [0.2, 0.25) is 0 Å². The SMILES string of the molecule is O=C(O[C@H]1CC[C@@H](COCc2ccccc2)OC1)c1ccccc1. The largest absolute Gasteiger partial charge is 0.456 e. The van der Waals surface area contributed by atoms with Crippen LogP contribution in [0.15, 0.2) is 60.7 Å². The Morgan fingerprint density at radius 3 is 2.38 bits per heavy atom. The molecule has 1 aliphatic rings. The summed E-state index contributed by atoms with van der Waals surface area (Å²) < 4.78 is 17.0. The van der Waals surface area contributed by atoms with Crippen LogP contribution in [0.2, 0.25) is 0 Å². The van der Waals surface area contributed by atoms with E-state index in [0.29, 0.717) is 25.4 Å². The van der Waals surface area contributed by atoms with Gasteiger partial charge in [-0.05, 0) is 30.5 Å². The van der Waals surface area contributed by atoms with Crippen LogP contribution in [0.25, 0.3) is 0 Å². The summed E-state index contributed by atoms with van der Waals surface area (Å²) in [5, 5.41) is 0. The average Bonchev–Trinajstić information content (AvgIpc) is 2.65. The normalized spacial score (nSPS) is 20.5. The van der Waals surface area contributed by atoms with E-state index in [-0.39, 0.29) is 18.2 Å². The maximum atomic E-state index is 12.0. The Balaban J connectivity index is 1.36. The molecule has 24 heavy (non-hydrogen) atoms. The van der Waals surface area contributed by atoms with Crippen molar-refractivity contribution in [3.8, 4) is 0 Å². The van der Waals surface area contributed by atoms with Crippen LogP contribution in [-0.2, 0) is 20.8 Å². The van der Waals surface area contributed by atoms with Crippen molar-refractivity contribution in [3.63, 3.8) is 0 Å². The molecule has 1 fully saturated rings. The number of rotatable bonds is 6. The van der Waals surface area contributed by atoms with Crippen LogP contribution in [0, 0.1) is 0 Å². The van der Waals surface area contributed by atoms with Crippen molar-refractivity contribution in [2.45, 2.75) is 31.7 Å². The monoisotopic (exact) mass is 326 g/mol. The third-order valence-electron chi connectivity index (χ3n) is 4.03. The van der Waals surface area contributed by atoms with Crippen molar-refractivity contribution in [2.24, 2.45) is 0 Å². The van der Waals surface area contributed by atoms with Gasteiger partial charge in [0.05, 0.1) is 31.5 Å². The lowest BCUT2D eigenvalue weighted by molar-refractivity contribution is -0.0935. The second-order valence-corrected chi connectivity index (χ2v) is 5.93. The first kappa shape index (κ1) is 16.7. The Morgan fingerprint density at radius 1 is 1.00 bits per heavy atom. The number of esters is 1. The molecule has 1 saturated heterocycles. The predicted octanol–water partition coefficient (Wildman–Crippen LogP) is 3.61. The Bertz CT molecular complexity index is 619. The van der Waals surface area contributed by atoms with Crippen molar-refractivity contribution >= 4 is 5.97 Å². The number of benzene rings is 2. The Hall–Kier alpha value is -2.17. The van der Waals surface area contributed by atoms with Gasteiger partial charge in [-0.3, -0.25) is 0 Å². The minimum atomic E-state index is -0.289. The predicted molar refractivity (Wildman–Crippen MR) is 90.7 cm³/mol. The third-order valence-corrected chi connectivity index (χ3v) is 4.03. The first-order valence-corrected chi connectivity index (χ1v) is 8.30. The molecule has 2 atom stereocenters. The van der Waals surface area contributed by atoms with E-state index in [0.717, 1.165) is 18.4 Å². The Labute approximate surface area is 142 Å². The van der Waals surface area contributed by atoms with E-state index in [9.17, 15) is 4.79 Å². The molecule has 0 N–H and O–H groups in total. The fourth-order valence-corrected chi connectivity index (χ4v) is 2.68. The first-order chi connectivity index (χ1) is 11.8. The maximum absolute atomic E-state index is 12.0. The zero-order valence-corrected chi connectivity index (χ0v) is 13.6. The second-order valence-electron chi connectivity index (χ2n) is 5.93. The van der Waals surface area contributed by atoms with Crippen molar-refractivity contribution in [2.75, 3.05) is 13.2 Å². The van der Waals surface area contributed by atoms with E-state index < -0.39 is 0 Å². The van der Waals surface area contributed by atoms with Crippen LogP contribution >= 0.6 is 0 Å². The van der Waals surface area contributed by atoms with Crippen LogP contribution in [0.1, 0.15) is 28.8 Å². The highest BCUT2D eigenvalue weighted by atomic mass is 16.6. The molecule has 0 bridgehead atoms. The lowest BCUT2D eigenvalue weighted by atomic mass is 10.1. The minimum Gasteiger partial charge on any atom is -0.456 e. The van der Waals surface area contributed by atoms with Gasteiger partial charge in [0.25, 0.3) is 0 Å². The lowest BCUT2D eigenvalue weighted by Gasteiger charge is -2.28. The van der Waals surface area contributed by atoms with Gasteiger partial charge in [0.1, 0.15) is 6.10 Å². The Kier molecular flexibility index (Phi) is 5.99. The molecule has 2 aromatic rings. The molecule has 3 rings (SSSR count). The molecular weight excluding hydrogens is 304 g/mol. The van der Waals surface area contributed by atoms with E-state index >= 15 is 0 Å². The van der Waals surface area contributed by atoms with E-state index in [1.165, 1.54) is 0 Å². The standard InChI is InChI=1S/C20H22O4/c21-20(17-9-5-2-6-10-17)24-19-12-11-18(23-15-19)14-22-13-16-7-3-1-4-8-16/h1-10,18-19H,11-15H2/t18-,19-/m0/s1. The van der Waals surface area contributed by atoms with Crippen molar-refractivity contribution in [3.05, 3.63) is 71.8 Å². The fraction of sp³-hybridized carbons (Fsp3) is 0.350. The maximum Gasteiger partial charge on any atom is 0.338 e. The molecule has 0 aromatic heterocycles. The van der Waals surface area contributed by atoms with Gasteiger partial charge in [0.15, 0.2) is 0 Å². The highest BCUT2D eigenvalue weighted by Gasteiger charge is 2.25. The topological polar surface area (TPSA) is 44.8 Å². The van der Waals surface area contributed by atoms with Gasteiger partial charge in [-0.2, -0.15) is 0 Å². The zero-order valence-electron chi connectivity index (χ0n) is 13.6. The quantitative estimate of drug-likeness (QED) is 0.761. The Morgan fingerprint density at radius 2 is 1.71 bits per heavy atom. The van der Waals surface area contributed by atoms with Crippen LogP contribution in [0.4, 0.5) is 0 Å². The number of hydrogen-bond acceptors (Lipinski definition) is 4. The highest BCUT2D eigenvalue weighted by Crippen LogP contribution is 2.18. The van der Waals surface area contributed by atoms with Crippen LogP contribution in [0.5, 0.6) is 0 Å². The molecule has 2 aromatic carbocycles. The average molecular weight is 326 g/mol. The summed E-state index contributed by atoms with van der Waals surface area (Å²) in [4.78, 5) is 12.0. The van der Waals surface area contributed by atoms with E-state index in [4.69, 9.17) is 14.2 Å². The number of hydrogen-bond donors (Lipinski definition) is 0. The molecule has 0 aliphatic carbocycles. The fourth-order valence-electron chi connectivity index (χ4n) is 2.68. The van der Waals surface area contributed by atoms with Gasteiger partial charge in [-0.15, -0.1) is 0 Å². The summed E-state index contributed by atoms with van der Waals surface area (Å²) in [6.07, 6.45) is 1.53. The molecule has 0 spiro atoms. The van der Waals surface area contributed by atoms with Gasteiger partial charge < -0.3 is 14.2 Å². The smallest absolute Gasteiger partial charge is 0.338 e. The summed E-state index contributed by atoms with van der Waals surface area (Å²) in [5.74, 6) is -0.289. The molecule has 126 valence electrons. The summed E-state index contributed by atoms with van der Waals surface area (Å²) in [5.41, 5.74) is 1.73. The molecular formula is C20H22O4. The van der Waals surface area contributed by atoms with Gasteiger partial charge >= 0.3 is 5.97 Å². The van der Waals surface area contributed by atoms with E-state index in [1.54, 1.807) is 12.1 Å². The first-order valence-electron chi connectivity index (χ1n) is 8.30.